The number of allylic oxidation sites excluding steroid dienone is 3. The lowest BCUT2D eigenvalue weighted by molar-refractivity contribution is -0.0901. The maximum Gasteiger partial charge on any atom is 0.124 e. The van der Waals surface area contributed by atoms with E-state index >= 15 is 0 Å². The van der Waals surface area contributed by atoms with Crippen molar-refractivity contribution in [2.75, 3.05) is 32.7 Å². The Kier molecular flexibility index (Phi) is 8.37. The largest absolute Gasteiger partial charge is 0.507 e. The lowest BCUT2D eigenvalue weighted by Gasteiger charge is -2.42. The molecule has 1 saturated carbocycles. The number of rotatable bonds is 8. The Bertz CT molecular complexity index is 1250. The molecule has 1 aromatic heterocycles. The van der Waals surface area contributed by atoms with E-state index in [1.807, 2.05) is 36.7 Å². The second kappa shape index (κ2) is 12.3. The van der Waals surface area contributed by atoms with Crippen molar-refractivity contribution < 1.29 is 9.84 Å². The first-order valence-corrected chi connectivity index (χ1v) is 15.2. The van der Waals surface area contributed by atoms with E-state index in [9.17, 15) is 5.11 Å². The molecule has 2 saturated heterocycles. The van der Waals surface area contributed by atoms with Crippen LogP contribution < -0.4 is 11.1 Å². The fraction of sp³-hybridized carbons (Fsp3) is 0.562. The van der Waals surface area contributed by atoms with Crippen molar-refractivity contribution in [1.29, 1.82) is 0 Å². The summed E-state index contributed by atoms with van der Waals surface area (Å²) in [6.07, 6.45) is 16.6. The zero-order chi connectivity index (χ0) is 27.5. The van der Waals surface area contributed by atoms with E-state index < -0.39 is 0 Å². The van der Waals surface area contributed by atoms with Crippen molar-refractivity contribution in [3.8, 4) is 5.75 Å². The zero-order valence-electron chi connectivity index (χ0n) is 23.7. The number of aromatic nitrogens is 2. The average molecular weight is 545 g/mol. The van der Waals surface area contributed by atoms with Gasteiger partial charge in [-0.25, -0.2) is 0 Å². The first-order valence-electron chi connectivity index (χ1n) is 15.2. The van der Waals surface area contributed by atoms with Crippen LogP contribution in [0, 0.1) is 11.8 Å². The number of likely N-dealkylation sites (tertiary alicyclic amines) is 1. The summed E-state index contributed by atoms with van der Waals surface area (Å²) in [6, 6.07) is 7.61. The van der Waals surface area contributed by atoms with Gasteiger partial charge in [-0.2, -0.15) is 5.10 Å². The van der Waals surface area contributed by atoms with E-state index in [1.54, 1.807) is 6.07 Å². The smallest absolute Gasteiger partial charge is 0.124 e. The molecule has 3 aliphatic heterocycles. The molecule has 1 aromatic carbocycles. The molecule has 8 heteroatoms. The molecular formula is C32H44N6O2. The van der Waals surface area contributed by atoms with E-state index in [0.717, 1.165) is 35.8 Å². The number of nitrogens with one attached hydrogen (secondary N) is 1. The summed E-state index contributed by atoms with van der Waals surface area (Å²) in [5.74, 6) is 1.62. The zero-order valence-corrected chi connectivity index (χ0v) is 23.7. The van der Waals surface area contributed by atoms with Crippen LogP contribution in [0.15, 0.2) is 53.4 Å². The summed E-state index contributed by atoms with van der Waals surface area (Å²) in [5, 5.41) is 18.6. The van der Waals surface area contributed by atoms with Gasteiger partial charge in [-0.1, -0.05) is 12.1 Å². The van der Waals surface area contributed by atoms with Crippen LogP contribution in [0.25, 0.3) is 11.3 Å². The molecule has 4 aliphatic rings. The van der Waals surface area contributed by atoms with Gasteiger partial charge < -0.3 is 25.8 Å². The summed E-state index contributed by atoms with van der Waals surface area (Å²) in [5.41, 5.74) is 10.6. The number of phenolic OH excluding ortho intramolecular Hbond substituents is 1. The van der Waals surface area contributed by atoms with Crippen LogP contribution in [0.5, 0.6) is 5.75 Å². The van der Waals surface area contributed by atoms with Crippen molar-refractivity contribution in [2.24, 2.45) is 22.6 Å². The summed E-state index contributed by atoms with van der Waals surface area (Å²) in [4.78, 5) is 7.25. The maximum atomic E-state index is 10.4. The van der Waals surface area contributed by atoms with Crippen molar-refractivity contribution >= 4 is 17.5 Å². The van der Waals surface area contributed by atoms with Crippen LogP contribution in [0.2, 0.25) is 0 Å². The topological polar surface area (TPSA) is 101 Å². The van der Waals surface area contributed by atoms with Gasteiger partial charge in [-0.05, 0) is 102 Å². The number of aromatic hydroxyl groups is 1. The Balaban J connectivity index is 1.02. The van der Waals surface area contributed by atoms with E-state index in [0.29, 0.717) is 41.8 Å². The van der Waals surface area contributed by atoms with Gasteiger partial charge in [0.25, 0.3) is 0 Å². The highest BCUT2D eigenvalue weighted by atomic mass is 16.5. The van der Waals surface area contributed by atoms with Crippen LogP contribution in [-0.2, 0) is 4.74 Å². The Morgan fingerprint density at radius 2 is 1.88 bits per heavy atom. The van der Waals surface area contributed by atoms with Gasteiger partial charge >= 0.3 is 0 Å². The van der Waals surface area contributed by atoms with Crippen molar-refractivity contribution in [1.82, 2.24) is 20.0 Å². The van der Waals surface area contributed by atoms with Crippen LogP contribution in [0.4, 0.5) is 0 Å². The van der Waals surface area contributed by atoms with Crippen molar-refractivity contribution in [2.45, 2.75) is 70.1 Å². The van der Waals surface area contributed by atoms with Crippen molar-refractivity contribution in [3.05, 3.63) is 59.6 Å². The van der Waals surface area contributed by atoms with E-state index in [4.69, 9.17) is 15.6 Å². The molecule has 6 rings (SSSR count). The minimum absolute atomic E-state index is 0.212. The monoisotopic (exact) mass is 544 g/mol. The van der Waals surface area contributed by atoms with Gasteiger partial charge in [0.15, 0.2) is 0 Å². The normalized spacial score (nSPS) is 25.9. The molecule has 0 bridgehead atoms. The van der Waals surface area contributed by atoms with E-state index in [2.05, 4.69) is 33.0 Å². The third-order valence-electron chi connectivity index (χ3n) is 9.37. The first-order chi connectivity index (χ1) is 19.5. The minimum Gasteiger partial charge on any atom is -0.507 e. The number of hydrogen-bond donors (Lipinski definition) is 3. The standard InChI is InChI=1S/C32H44N6O2/c1-22(24-9-14-37(15-10-24)20-23-16-27(17-23)40-26-6-11-34-12-7-26)38-21-25(19-36-38)29-18-31(35-13-8-30(29)33)28-4-2-3-5-32(28)39/h2-5,13,18-19,21-24,26-27,34,39H,6-12,14-17,20,33H2,1H3/t22?,23-,27-. The predicted molar refractivity (Wildman–Crippen MR) is 160 cm³/mol. The number of nitrogens with two attached hydrogens (primary N) is 1. The van der Waals surface area contributed by atoms with Crippen LogP contribution in [-0.4, -0.2) is 70.9 Å². The Labute approximate surface area is 238 Å². The quantitative estimate of drug-likeness (QED) is 0.449. The molecule has 1 atom stereocenters. The number of hydrogen-bond acceptors (Lipinski definition) is 7. The third kappa shape index (κ3) is 6.19. The molecule has 0 spiro atoms. The number of nitrogens with zero attached hydrogens (tertiary/aromatic N) is 4. The Hall–Kier alpha value is -2.94. The molecule has 40 heavy (non-hydrogen) atoms. The predicted octanol–water partition coefficient (Wildman–Crippen LogP) is 4.59. The van der Waals surface area contributed by atoms with Gasteiger partial charge in [0.05, 0.1) is 30.1 Å². The van der Waals surface area contributed by atoms with Gasteiger partial charge in [0, 0.05) is 47.8 Å². The van der Waals surface area contributed by atoms with Crippen LogP contribution in [0.1, 0.15) is 69.0 Å². The Morgan fingerprint density at radius 1 is 1.10 bits per heavy atom. The third-order valence-corrected chi connectivity index (χ3v) is 9.37. The Morgan fingerprint density at radius 3 is 2.65 bits per heavy atom. The van der Waals surface area contributed by atoms with Gasteiger partial charge in [-0.3, -0.25) is 9.67 Å². The number of para-hydroxylation sites is 1. The minimum atomic E-state index is 0.212. The van der Waals surface area contributed by atoms with Crippen molar-refractivity contribution in [3.63, 3.8) is 0 Å². The number of piperidine rings is 2. The van der Waals surface area contributed by atoms with Crippen LogP contribution in [0.3, 0.4) is 0 Å². The molecule has 1 aliphatic carbocycles. The highest BCUT2D eigenvalue weighted by molar-refractivity contribution is 5.91. The molecule has 8 nitrogen and oxygen atoms in total. The lowest BCUT2D eigenvalue weighted by atomic mass is 9.81. The number of phenols is 1. The molecule has 4 N–H and O–H groups in total. The van der Waals surface area contributed by atoms with E-state index in [1.165, 1.54) is 58.2 Å². The molecule has 0 amide bonds. The molecule has 0 radical (unpaired) electrons. The second-order valence-electron chi connectivity index (χ2n) is 12.1. The highest BCUT2D eigenvalue weighted by Crippen LogP contribution is 2.36. The summed E-state index contributed by atoms with van der Waals surface area (Å²) >= 11 is 0. The fourth-order valence-corrected chi connectivity index (χ4v) is 6.76. The second-order valence-corrected chi connectivity index (χ2v) is 12.1. The lowest BCUT2D eigenvalue weighted by Crippen LogP contribution is -2.45. The van der Waals surface area contributed by atoms with Gasteiger partial charge in [0.1, 0.15) is 5.75 Å². The molecular weight excluding hydrogens is 500 g/mol. The summed E-state index contributed by atoms with van der Waals surface area (Å²) < 4.78 is 8.45. The van der Waals surface area contributed by atoms with E-state index in [-0.39, 0.29) is 5.75 Å². The summed E-state index contributed by atoms with van der Waals surface area (Å²) in [7, 11) is 0. The molecule has 4 heterocycles. The number of benzene rings is 1. The molecule has 3 fully saturated rings. The first kappa shape index (κ1) is 27.2. The number of aliphatic imine (C=N–C) groups is 1. The fourth-order valence-electron chi connectivity index (χ4n) is 6.76. The maximum absolute atomic E-state index is 10.4. The molecule has 214 valence electrons. The number of ether oxygens (including phenoxy) is 1. The highest BCUT2D eigenvalue weighted by Gasteiger charge is 2.34. The van der Waals surface area contributed by atoms with Gasteiger partial charge in [0.2, 0.25) is 0 Å². The average Bonchev–Trinajstić information content (AvgIpc) is 3.36. The van der Waals surface area contributed by atoms with Crippen LogP contribution >= 0.6 is 0 Å². The molecule has 1 unspecified atom stereocenters. The summed E-state index contributed by atoms with van der Waals surface area (Å²) in [6.45, 7) is 8.06. The molecule has 2 aromatic rings. The van der Waals surface area contributed by atoms with Gasteiger partial charge in [-0.15, -0.1) is 0 Å². The SMILES string of the molecule is CC(C1CCN(C[C@H]2C[C@H](OC3CCNCC3)C2)CC1)n1cc(C2=C(N)CC=NC(c3ccccc3O)=C2)cn1.